The predicted molar refractivity (Wildman–Crippen MR) is 100 cm³/mol. The van der Waals surface area contributed by atoms with Crippen molar-refractivity contribution in [3.63, 3.8) is 0 Å². The molecular weight excluding hydrogens is 364 g/mol. The van der Waals surface area contributed by atoms with E-state index in [1.54, 1.807) is 18.2 Å². The molecule has 2 aromatic carbocycles. The van der Waals surface area contributed by atoms with Crippen molar-refractivity contribution in [1.29, 1.82) is 0 Å². The number of carbonyl (C=O) groups is 2. The molecule has 0 spiro atoms. The number of hydrogen-bond acceptors (Lipinski definition) is 6. The van der Waals surface area contributed by atoms with Crippen molar-refractivity contribution < 1.29 is 19.2 Å². The standard InChI is InChI=1S/C19H16N4O5/c1-13(18(24)21-15-9-5-6-10-16(15)23(26)27)28-19(25)17-11-20-12-22(17)14-7-3-2-4-8-14/h2-13H,1H3,(H,21,24). The highest BCUT2D eigenvalue weighted by molar-refractivity contribution is 5.98. The van der Waals surface area contributed by atoms with E-state index in [0.717, 1.165) is 0 Å². The molecular formula is C19H16N4O5. The number of nitro groups is 1. The number of nitrogens with one attached hydrogen (secondary N) is 1. The van der Waals surface area contributed by atoms with Gasteiger partial charge in [-0.1, -0.05) is 30.3 Å². The van der Waals surface area contributed by atoms with Crippen molar-refractivity contribution >= 4 is 23.3 Å². The van der Waals surface area contributed by atoms with E-state index in [1.165, 1.54) is 42.2 Å². The molecule has 0 fully saturated rings. The Balaban J connectivity index is 1.71. The molecule has 1 unspecified atom stereocenters. The first-order chi connectivity index (χ1) is 13.5. The third kappa shape index (κ3) is 4.04. The van der Waals surface area contributed by atoms with Gasteiger partial charge < -0.3 is 10.1 Å². The third-order valence-electron chi connectivity index (χ3n) is 3.89. The molecule has 0 saturated heterocycles. The number of para-hydroxylation sites is 3. The first kappa shape index (κ1) is 18.8. The number of esters is 1. The van der Waals surface area contributed by atoms with E-state index in [-0.39, 0.29) is 17.1 Å². The first-order valence-electron chi connectivity index (χ1n) is 8.30. The van der Waals surface area contributed by atoms with Crippen molar-refractivity contribution in [1.82, 2.24) is 9.55 Å². The molecule has 0 aliphatic carbocycles. The summed E-state index contributed by atoms with van der Waals surface area (Å²) in [5, 5.41) is 13.4. The molecule has 1 aromatic heterocycles. The van der Waals surface area contributed by atoms with Crippen molar-refractivity contribution in [3.05, 3.63) is 82.9 Å². The number of nitro benzene ring substituents is 1. The molecule has 3 aromatic rings. The molecule has 0 saturated carbocycles. The lowest BCUT2D eigenvalue weighted by molar-refractivity contribution is -0.383. The minimum Gasteiger partial charge on any atom is -0.448 e. The first-order valence-corrected chi connectivity index (χ1v) is 8.30. The summed E-state index contributed by atoms with van der Waals surface area (Å²) in [4.78, 5) is 39.2. The summed E-state index contributed by atoms with van der Waals surface area (Å²) in [6, 6.07) is 14.8. The van der Waals surface area contributed by atoms with E-state index in [2.05, 4.69) is 10.3 Å². The Bertz CT molecular complexity index is 1020. The number of imidazole rings is 1. The van der Waals surface area contributed by atoms with Crippen LogP contribution in [0.4, 0.5) is 11.4 Å². The number of amides is 1. The van der Waals surface area contributed by atoms with Crippen LogP contribution >= 0.6 is 0 Å². The van der Waals surface area contributed by atoms with Crippen LogP contribution in [0.15, 0.2) is 67.1 Å². The second kappa shape index (κ2) is 8.12. The number of hydrogen-bond donors (Lipinski definition) is 1. The van der Waals surface area contributed by atoms with E-state index in [9.17, 15) is 19.7 Å². The summed E-state index contributed by atoms with van der Waals surface area (Å²) in [6.45, 7) is 1.38. The quantitative estimate of drug-likeness (QED) is 0.399. The third-order valence-corrected chi connectivity index (χ3v) is 3.89. The van der Waals surface area contributed by atoms with E-state index in [1.807, 2.05) is 18.2 Å². The van der Waals surface area contributed by atoms with Crippen molar-refractivity contribution in [2.45, 2.75) is 13.0 Å². The number of aromatic nitrogens is 2. The zero-order valence-electron chi connectivity index (χ0n) is 14.8. The van der Waals surface area contributed by atoms with Crippen LogP contribution in [0.2, 0.25) is 0 Å². The molecule has 1 N–H and O–H groups in total. The van der Waals surface area contributed by atoms with Gasteiger partial charge in [-0.25, -0.2) is 9.78 Å². The van der Waals surface area contributed by atoms with Gasteiger partial charge in [0.25, 0.3) is 11.6 Å². The number of carbonyl (C=O) groups excluding carboxylic acids is 2. The summed E-state index contributed by atoms with van der Waals surface area (Å²) in [5.74, 6) is -1.43. The van der Waals surface area contributed by atoms with E-state index < -0.39 is 22.9 Å². The minimum absolute atomic E-state index is 0.0229. The van der Waals surface area contributed by atoms with Crippen molar-refractivity contribution in [2.24, 2.45) is 0 Å². The van der Waals surface area contributed by atoms with Crippen LogP contribution in [0.3, 0.4) is 0 Å². The summed E-state index contributed by atoms with van der Waals surface area (Å²) in [7, 11) is 0. The average Bonchev–Trinajstić information content (AvgIpc) is 3.19. The summed E-state index contributed by atoms with van der Waals surface area (Å²) >= 11 is 0. The zero-order chi connectivity index (χ0) is 20.1. The number of anilines is 1. The lowest BCUT2D eigenvalue weighted by Crippen LogP contribution is -2.30. The molecule has 1 heterocycles. The molecule has 1 atom stereocenters. The van der Waals surface area contributed by atoms with Gasteiger partial charge in [0.2, 0.25) is 0 Å². The molecule has 28 heavy (non-hydrogen) atoms. The monoisotopic (exact) mass is 380 g/mol. The van der Waals surface area contributed by atoms with Gasteiger partial charge >= 0.3 is 5.97 Å². The Hall–Kier alpha value is -4.01. The fourth-order valence-corrected chi connectivity index (χ4v) is 2.49. The van der Waals surface area contributed by atoms with Crippen LogP contribution in [-0.4, -0.2) is 32.5 Å². The van der Waals surface area contributed by atoms with E-state index in [4.69, 9.17) is 4.74 Å². The average molecular weight is 380 g/mol. The SMILES string of the molecule is CC(OC(=O)c1cncn1-c1ccccc1)C(=O)Nc1ccccc1[N+](=O)[O-]. The number of nitrogens with zero attached hydrogens (tertiary/aromatic N) is 3. The predicted octanol–water partition coefficient (Wildman–Crippen LogP) is 2.96. The van der Waals surface area contributed by atoms with Gasteiger partial charge in [-0.3, -0.25) is 19.5 Å². The lowest BCUT2D eigenvalue weighted by Gasteiger charge is -2.14. The summed E-state index contributed by atoms with van der Waals surface area (Å²) < 4.78 is 6.75. The molecule has 0 aliphatic heterocycles. The maximum Gasteiger partial charge on any atom is 0.357 e. The molecule has 9 heteroatoms. The van der Waals surface area contributed by atoms with E-state index >= 15 is 0 Å². The fraction of sp³-hybridized carbons (Fsp3) is 0.105. The molecule has 142 valence electrons. The topological polar surface area (TPSA) is 116 Å². The Labute approximate surface area is 159 Å². The summed E-state index contributed by atoms with van der Waals surface area (Å²) in [5.41, 5.74) is 0.631. The fourth-order valence-electron chi connectivity index (χ4n) is 2.49. The zero-order valence-corrected chi connectivity index (χ0v) is 14.8. The van der Waals surface area contributed by atoms with Gasteiger partial charge in [-0.2, -0.15) is 0 Å². The van der Waals surface area contributed by atoms with Gasteiger partial charge in [0, 0.05) is 11.8 Å². The summed E-state index contributed by atoms with van der Waals surface area (Å²) in [6.07, 6.45) is 1.62. The van der Waals surface area contributed by atoms with Gasteiger partial charge in [0.1, 0.15) is 5.69 Å². The number of rotatable bonds is 6. The normalized spacial score (nSPS) is 11.5. The van der Waals surface area contributed by atoms with Crippen molar-refractivity contribution in [2.75, 3.05) is 5.32 Å². The molecule has 1 amide bonds. The highest BCUT2D eigenvalue weighted by atomic mass is 16.6. The molecule has 0 aliphatic rings. The van der Waals surface area contributed by atoms with Gasteiger partial charge in [-0.15, -0.1) is 0 Å². The van der Waals surface area contributed by atoms with Crippen LogP contribution in [0.25, 0.3) is 5.69 Å². The van der Waals surface area contributed by atoms with Crippen LogP contribution in [-0.2, 0) is 9.53 Å². The number of ether oxygens (including phenoxy) is 1. The largest absolute Gasteiger partial charge is 0.448 e. The highest BCUT2D eigenvalue weighted by Crippen LogP contribution is 2.23. The molecule has 9 nitrogen and oxygen atoms in total. The van der Waals surface area contributed by atoms with Crippen molar-refractivity contribution in [3.8, 4) is 5.69 Å². The second-order valence-electron chi connectivity index (χ2n) is 5.80. The maximum atomic E-state index is 12.5. The molecule has 3 rings (SSSR count). The van der Waals surface area contributed by atoms with Gasteiger partial charge in [0.15, 0.2) is 11.8 Å². The Kier molecular flexibility index (Phi) is 5.45. The smallest absolute Gasteiger partial charge is 0.357 e. The van der Waals surface area contributed by atoms with Crippen LogP contribution < -0.4 is 5.32 Å². The lowest BCUT2D eigenvalue weighted by atomic mass is 10.2. The minimum atomic E-state index is -1.17. The Morgan fingerprint density at radius 1 is 1.14 bits per heavy atom. The maximum absolute atomic E-state index is 12.5. The van der Waals surface area contributed by atoms with Gasteiger partial charge in [0.05, 0.1) is 17.4 Å². The Morgan fingerprint density at radius 3 is 2.54 bits per heavy atom. The molecule has 0 bridgehead atoms. The van der Waals surface area contributed by atoms with Crippen LogP contribution in [0.1, 0.15) is 17.4 Å². The molecule has 0 radical (unpaired) electrons. The number of benzene rings is 2. The second-order valence-corrected chi connectivity index (χ2v) is 5.80. The van der Waals surface area contributed by atoms with Gasteiger partial charge in [-0.05, 0) is 25.1 Å². The van der Waals surface area contributed by atoms with Crippen LogP contribution in [0, 0.1) is 10.1 Å². The van der Waals surface area contributed by atoms with Crippen LogP contribution in [0.5, 0.6) is 0 Å². The van der Waals surface area contributed by atoms with E-state index in [0.29, 0.717) is 5.69 Å². The highest BCUT2D eigenvalue weighted by Gasteiger charge is 2.24. The Morgan fingerprint density at radius 2 is 1.82 bits per heavy atom.